The van der Waals surface area contributed by atoms with Gasteiger partial charge in [-0.25, -0.2) is 9.42 Å². The van der Waals surface area contributed by atoms with E-state index < -0.39 is 11.9 Å². The molecule has 3 heterocycles. The van der Waals surface area contributed by atoms with E-state index in [-0.39, 0.29) is 11.3 Å². The molecule has 3 aromatic rings. The van der Waals surface area contributed by atoms with Crippen molar-refractivity contribution in [2.75, 3.05) is 23.3 Å². The first-order valence-corrected chi connectivity index (χ1v) is 8.63. The minimum atomic E-state index is -1.23. The molecule has 0 radical (unpaired) electrons. The Hall–Kier alpha value is -3.43. The normalized spacial score (nSPS) is 14.5. The number of carbonyl (C=O) groups excluding carboxylic acids is 1. The average Bonchev–Trinajstić information content (AvgIpc) is 3.29. The van der Waals surface area contributed by atoms with Crippen LogP contribution in [0.15, 0.2) is 23.0 Å². The monoisotopic (exact) mass is 370 g/mol. The molecule has 0 saturated carbocycles. The zero-order valence-electron chi connectivity index (χ0n) is 14.7. The van der Waals surface area contributed by atoms with E-state index in [1.807, 2.05) is 6.07 Å². The van der Waals surface area contributed by atoms with Crippen molar-refractivity contribution < 1.29 is 19.3 Å². The molecule has 2 N–H and O–H groups in total. The fraction of sp³-hybridized carbons (Fsp3) is 0.353. The number of aromatic carboxylic acids is 1. The third-order valence-electron chi connectivity index (χ3n) is 4.73. The number of hydrogen-bond acceptors (Lipinski definition) is 7. The zero-order chi connectivity index (χ0) is 19.0. The lowest BCUT2D eigenvalue weighted by Crippen LogP contribution is -2.29. The van der Waals surface area contributed by atoms with Gasteiger partial charge in [0.1, 0.15) is 0 Å². The summed E-state index contributed by atoms with van der Waals surface area (Å²) in [5.41, 5.74) is 2.09. The van der Waals surface area contributed by atoms with Crippen LogP contribution in [0, 0.1) is 0 Å². The summed E-state index contributed by atoms with van der Waals surface area (Å²) in [6.45, 7) is 1.87. The van der Waals surface area contributed by atoms with Gasteiger partial charge >= 0.3 is 5.97 Å². The predicted octanol–water partition coefficient (Wildman–Crippen LogP) is 1.90. The maximum atomic E-state index is 12.6. The molecule has 1 aliphatic rings. The van der Waals surface area contributed by atoms with Crippen LogP contribution >= 0.6 is 0 Å². The molecule has 10 nitrogen and oxygen atoms in total. The fourth-order valence-corrected chi connectivity index (χ4v) is 3.39. The minimum absolute atomic E-state index is 0.0327. The summed E-state index contributed by atoms with van der Waals surface area (Å²) < 4.78 is 6.04. The standard InChI is InChI=1S/C17H18N6O4/c1-22-15(17(25)26)10(9-18-22)16(24)19-11-5-6-12(14-13(11)20-27-21-14)23-7-3-2-4-8-23/h5-6,9H,2-4,7-8H2,1H3,(H,19,24)(H,25,26). The lowest BCUT2D eigenvalue weighted by Gasteiger charge is -2.28. The second-order valence-electron chi connectivity index (χ2n) is 6.43. The molecule has 1 aliphatic heterocycles. The third kappa shape index (κ3) is 2.98. The molecule has 4 rings (SSSR count). The fourth-order valence-electron chi connectivity index (χ4n) is 3.39. The third-order valence-corrected chi connectivity index (χ3v) is 4.73. The summed E-state index contributed by atoms with van der Waals surface area (Å²) in [5.74, 6) is -1.82. The van der Waals surface area contributed by atoms with E-state index in [0.717, 1.165) is 36.3 Å². The van der Waals surface area contributed by atoms with Crippen LogP contribution in [-0.2, 0) is 7.05 Å². The van der Waals surface area contributed by atoms with Crippen molar-refractivity contribution in [3.8, 4) is 0 Å². The Morgan fingerprint density at radius 1 is 1.15 bits per heavy atom. The molecule has 1 aromatic carbocycles. The van der Waals surface area contributed by atoms with Crippen LogP contribution in [0.1, 0.15) is 40.1 Å². The van der Waals surface area contributed by atoms with Gasteiger partial charge in [-0.3, -0.25) is 9.48 Å². The van der Waals surface area contributed by atoms with E-state index in [4.69, 9.17) is 4.63 Å². The largest absolute Gasteiger partial charge is 0.477 e. The molecule has 0 bridgehead atoms. The van der Waals surface area contributed by atoms with E-state index in [1.54, 1.807) is 6.07 Å². The van der Waals surface area contributed by atoms with Crippen LogP contribution in [0.3, 0.4) is 0 Å². The number of nitrogens with one attached hydrogen (secondary N) is 1. The van der Waals surface area contributed by atoms with Crippen molar-refractivity contribution in [3.63, 3.8) is 0 Å². The van der Waals surface area contributed by atoms with Crippen molar-refractivity contribution >= 4 is 34.3 Å². The Labute approximate surface area is 153 Å². The molecule has 0 unspecified atom stereocenters. The highest BCUT2D eigenvalue weighted by Gasteiger charge is 2.24. The van der Waals surface area contributed by atoms with Crippen LogP contribution < -0.4 is 10.2 Å². The molecule has 2 aromatic heterocycles. The number of rotatable bonds is 4. The summed E-state index contributed by atoms with van der Waals surface area (Å²) in [5, 5.41) is 23.7. The highest BCUT2D eigenvalue weighted by atomic mass is 16.6. The number of benzene rings is 1. The smallest absolute Gasteiger partial charge is 0.354 e. The molecule has 1 saturated heterocycles. The number of fused-ring (bicyclic) bond motifs is 1. The molecule has 0 atom stereocenters. The molecule has 27 heavy (non-hydrogen) atoms. The topological polar surface area (TPSA) is 126 Å². The van der Waals surface area contributed by atoms with Gasteiger partial charge in [-0.1, -0.05) is 0 Å². The Kier molecular flexibility index (Phi) is 4.22. The molecule has 1 amide bonds. The molecule has 140 valence electrons. The molecular weight excluding hydrogens is 352 g/mol. The van der Waals surface area contributed by atoms with Gasteiger partial charge in [0, 0.05) is 20.1 Å². The Morgan fingerprint density at radius 2 is 1.89 bits per heavy atom. The van der Waals surface area contributed by atoms with Gasteiger partial charge in [-0.15, -0.1) is 0 Å². The molecule has 1 fully saturated rings. The van der Waals surface area contributed by atoms with E-state index in [1.165, 1.54) is 19.7 Å². The van der Waals surface area contributed by atoms with Gasteiger partial charge in [-0.05, 0) is 41.7 Å². The maximum absolute atomic E-state index is 12.6. The summed E-state index contributed by atoms with van der Waals surface area (Å²) >= 11 is 0. The van der Waals surface area contributed by atoms with Crippen LogP contribution in [0.4, 0.5) is 11.4 Å². The number of aromatic nitrogens is 4. The number of carboxylic acids is 1. The lowest BCUT2D eigenvalue weighted by molar-refractivity contribution is 0.0680. The first-order valence-electron chi connectivity index (χ1n) is 8.63. The quantitative estimate of drug-likeness (QED) is 0.713. The van der Waals surface area contributed by atoms with Crippen LogP contribution in [0.2, 0.25) is 0 Å². The number of aryl methyl sites for hydroxylation is 1. The number of nitrogens with zero attached hydrogens (tertiary/aromatic N) is 5. The van der Waals surface area contributed by atoms with Crippen LogP contribution in [0.25, 0.3) is 11.0 Å². The highest BCUT2D eigenvalue weighted by Crippen LogP contribution is 2.31. The van der Waals surface area contributed by atoms with Gasteiger partial charge in [0.25, 0.3) is 5.91 Å². The van der Waals surface area contributed by atoms with Crippen molar-refractivity contribution in [2.24, 2.45) is 7.05 Å². The summed E-state index contributed by atoms with van der Waals surface area (Å²) in [4.78, 5) is 26.2. The van der Waals surface area contributed by atoms with Gasteiger partial charge in [0.15, 0.2) is 16.7 Å². The second kappa shape index (κ2) is 6.71. The Morgan fingerprint density at radius 3 is 2.63 bits per heavy atom. The number of hydrogen-bond donors (Lipinski definition) is 2. The molecule has 10 heteroatoms. The maximum Gasteiger partial charge on any atom is 0.354 e. The first-order chi connectivity index (χ1) is 13.1. The predicted molar refractivity (Wildman–Crippen MR) is 96.0 cm³/mol. The van der Waals surface area contributed by atoms with Crippen molar-refractivity contribution in [3.05, 3.63) is 29.6 Å². The van der Waals surface area contributed by atoms with E-state index in [0.29, 0.717) is 16.7 Å². The van der Waals surface area contributed by atoms with Crippen molar-refractivity contribution in [1.29, 1.82) is 0 Å². The SMILES string of the molecule is Cn1ncc(C(=O)Nc2ccc(N3CCCCC3)c3nonc23)c1C(=O)O. The first kappa shape index (κ1) is 17.0. The van der Waals surface area contributed by atoms with Gasteiger partial charge in [-0.2, -0.15) is 5.10 Å². The van der Waals surface area contributed by atoms with Crippen LogP contribution in [-0.4, -0.2) is 50.2 Å². The van der Waals surface area contributed by atoms with Crippen LogP contribution in [0.5, 0.6) is 0 Å². The van der Waals surface area contributed by atoms with Crippen molar-refractivity contribution in [1.82, 2.24) is 20.1 Å². The van der Waals surface area contributed by atoms with Gasteiger partial charge in [0.2, 0.25) is 0 Å². The number of anilines is 2. The highest BCUT2D eigenvalue weighted by molar-refractivity contribution is 6.12. The summed E-state index contributed by atoms with van der Waals surface area (Å²) in [6.07, 6.45) is 4.66. The zero-order valence-corrected chi connectivity index (χ0v) is 14.7. The van der Waals surface area contributed by atoms with Gasteiger partial charge in [0.05, 0.1) is 23.1 Å². The molecular formula is C17H18N6O4. The summed E-state index contributed by atoms with van der Waals surface area (Å²) in [7, 11) is 1.47. The lowest BCUT2D eigenvalue weighted by atomic mass is 10.1. The molecule has 0 aliphatic carbocycles. The number of carbonyl (C=O) groups is 2. The van der Waals surface area contributed by atoms with Crippen molar-refractivity contribution in [2.45, 2.75) is 19.3 Å². The van der Waals surface area contributed by atoms with E-state index >= 15 is 0 Å². The number of piperidine rings is 1. The molecule has 0 spiro atoms. The Balaban J connectivity index is 1.66. The van der Waals surface area contributed by atoms with E-state index in [2.05, 4.69) is 25.6 Å². The second-order valence-corrected chi connectivity index (χ2v) is 6.43. The average molecular weight is 370 g/mol. The number of amides is 1. The Bertz CT molecular complexity index is 1020. The summed E-state index contributed by atoms with van der Waals surface area (Å²) in [6, 6.07) is 3.60. The van der Waals surface area contributed by atoms with Gasteiger partial charge < -0.3 is 15.3 Å². The van der Waals surface area contributed by atoms with E-state index in [9.17, 15) is 14.7 Å². The number of carboxylic acid groups (broad SMARTS) is 1. The minimum Gasteiger partial charge on any atom is -0.477 e.